The van der Waals surface area contributed by atoms with Crippen molar-refractivity contribution in [2.45, 2.75) is 12.8 Å². The molecule has 0 saturated heterocycles. The monoisotopic (exact) mass is 319 g/mol. The molecular weight excluding hydrogens is 301 g/mol. The lowest BCUT2D eigenvalue weighted by Crippen LogP contribution is -2.27. The highest BCUT2D eigenvalue weighted by Crippen LogP contribution is 2.19. The zero-order valence-corrected chi connectivity index (χ0v) is 12.7. The Kier molecular flexibility index (Phi) is 8.23. The number of aliphatic carboxylic acids is 1. The summed E-state index contributed by atoms with van der Waals surface area (Å²) in [5.41, 5.74) is 1.05. The van der Waals surface area contributed by atoms with Crippen LogP contribution in [0.2, 0.25) is 0 Å². The summed E-state index contributed by atoms with van der Waals surface area (Å²) in [6.45, 7) is 1.89. The molecule has 0 radical (unpaired) electrons. The van der Waals surface area contributed by atoms with Crippen LogP contribution in [-0.4, -0.2) is 42.5 Å². The van der Waals surface area contributed by atoms with Gasteiger partial charge >= 0.3 is 5.97 Å². The van der Waals surface area contributed by atoms with Gasteiger partial charge in [0.1, 0.15) is 5.75 Å². The lowest BCUT2D eigenvalue weighted by Gasteiger charge is -2.23. The minimum Gasteiger partial charge on any atom is -0.494 e. The van der Waals surface area contributed by atoms with Crippen LogP contribution < -0.4 is 9.64 Å². The van der Waals surface area contributed by atoms with E-state index in [1.54, 1.807) is 0 Å². The Hall–Kier alpha value is -1.13. The van der Waals surface area contributed by atoms with Crippen LogP contribution in [0.1, 0.15) is 12.8 Å². The minimum atomic E-state index is -0.804. The van der Waals surface area contributed by atoms with Crippen molar-refractivity contribution in [3.63, 3.8) is 0 Å². The quantitative estimate of drug-likeness (QED) is 0.531. The van der Waals surface area contributed by atoms with Gasteiger partial charge in [0.2, 0.25) is 0 Å². The highest BCUT2D eigenvalue weighted by Gasteiger charge is 2.05. The van der Waals surface area contributed by atoms with Crippen LogP contribution in [0.5, 0.6) is 5.75 Å². The van der Waals surface area contributed by atoms with Crippen LogP contribution in [0.15, 0.2) is 24.3 Å². The molecule has 0 spiro atoms. The maximum atomic E-state index is 10.4. The van der Waals surface area contributed by atoms with Gasteiger partial charge in [0.25, 0.3) is 0 Å². The lowest BCUT2D eigenvalue weighted by molar-refractivity contribution is -0.137. The van der Waals surface area contributed by atoms with Crippen LogP contribution >= 0.6 is 23.2 Å². The highest BCUT2D eigenvalue weighted by atomic mass is 35.5. The first kappa shape index (κ1) is 16.9. The van der Waals surface area contributed by atoms with Gasteiger partial charge in [-0.05, 0) is 30.7 Å². The summed E-state index contributed by atoms with van der Waals surface area (Å²) in [6.07, 6.45) is 0.624. The van der Waals surface area contributed by atoms with Crippen molar-refractivity contribution in [2.24, 2.45) is 0 Å². The fraction of sp³-hybridized carbons (Fsp3) is 0.500. The molecular formula is C14H19Cl2NO3. The van der Waals surface area contributed by atoms with E-state index >= 15 is 0 Å². The lowest BCUT2D eigenvalue weighted by atomic mass is 10.2. The van der Waals surface area contributed by atoms with E-state index in [1.807, 2.05) is 24.3 Å². The van der Waals surface area contributed by atoms with Gasteiger partial charge in [0, 0.05) is 37.0 Å². The Labute approximate surface area is 129 Å². The molecule has 112 valence electrons. The second-order valence-corrected chi connectivity index (χ2v) is 4.96. The number of anilines is 1. The molecule has 0 aliphatic carbocycles. The maximum absolute atomic E-state index is 10.4. The van der Waals surface area contributed by atoms with Crippen LogP contribution in [0, 0.1) is 0 Å². The molecule has 0 aromatic heterocycles. The number of benzene rings is 1. The first-order chi connectivity index (χ1) is 9.67. The molecule has 20 heavy (non-hydrogen) atoms. The number of carboxylic acids is 1. The van der Waals surface area contributed by atoms with E-state index in [2.05, 4.69) is 4.90 Å². The largest absolute Gasteiger partial charge is 0.494 e. The molecule has 1 N–H and O–H groups in total. The van der Waals surface area contributed by atoms with Crippen molar-refractivity contribution in [2.75, 3.05) is 36.4 Å². The molecule has 0 unspecified atom stereocenters. The Balaban J connectivity index is 2.47. The van der Waals surface area contributed by atoms with Crippen molar-refractivity contribution in [1.82, 2.24) is 0 Å². The van der Waals surface area contributed by atoms with E-state index in [1.165, 1.54) is 0 Å². The Bertz CT molecular complexity index is 392. The molecule has 0 aliphatic heterocycles. The van der Waals surface area contributed by atoms with E-state index in [0.29, 0.717) is 24.8 Å². The van der Waals surface area contributed by atoms with Gasteiger partial charge in [-0.2, -0.15) is 0 Å². The average molecular weight is 320 g/mol. The molecule has 0 atom stereocenters. The predicted molar refractivity (Wildman–Crippen MR) is 82.5 cm³/mol. The molecule has 1 rings (SSSR count). The van der Waals surface area contributed by atoms with Gasteiger partial charge in [0.05, 0.1) is 6.61 Å². The van der Waals surface area contributed by atoms with Crippen LogP contribution in [0.4, 0.5) is 5.69 Å². The standard InChI is InChI=1S/C14H19Cl2NO3/c15-7-9-17(10-8-16)12-3-5-13(6-4-12)20-11-1-2-14(18)19/h3-6H,1-2,7-11H2,(H,18,19). The maximum Gasteiger partial charge on any atom is 0.303 e. The smallest absolute Gasteiger partial charge is 0.303 e. The van der Waals surface area contributed by atoms with E-state index in [-0.39, 0.29) is 6.42 Å². The molecule has 0 bridgehead atoms. The SMILES string of the molecule is O=C(O)CCCOc1ccc(N(CCCl)CCCl)cc1. The number of carboxylic acid groups (broad SMARTS) is 1. The number of hydrogen-bond donors (Lipinski definition) is 1. The fourth-order valence-electron chi connectivity index (χ4n) is 1.74. The molecule has 0 aliphatic rings. The Morgan fingerprint density at radius 3 is 2.25 bits per heavy atom. The number of halogens is 2. The first-order valence-corrected chi connectivity index (χ1v) is 7.56. The normalized spacial score (nSPS) is 10.3. The fourth-order valence-corrected chi connectivity index (χ4v) is 2.15. The van der Waals surface area contributed by atoms with E-state index in [4.69, 9.17) is 33.0 Å². The van der Waals surface area contributed by atoms with Crippen LogP contribution in [0.25, 0.3) is 0 Å². The van der Waals surface area contributed by atoms with Gasteiger partial charge in [-0.15, -0.1) is 23.2 Å². The highest BCUT2D eigenvalue weighted by molar-refractivity contribution is 6.18. The summed E-state index contributed by atoms with van der Waals surface area (Å²) in [5, 5.41) is 8.53. The van der Waals surface area contributed by atoms with E-state index < -0.39 is 5.97 Å². The summed E-state index contributed by atoms with van der Waals surface area (Å²) >= 11 is 11.5. The van der Waals surface area contributed by atoms with Crippen LogP contribution in [0.3, 0.4) is 0 Å². The summed E-state index contributed by atoms with van der Waals surface area (Å²) < 4.78 is 5.48. The van der Waals surface area contributed by atoms with Crippen LogP contribution in [-0.2, 0) is 4.79 Å². The number of rotatable bonds is 10. The third-order valence-electron chi connectivity index (χ3n) is 2.71. The summed E-state index contributed by atoms with van der Waals surface area (Å²) in [4.78, 5) is 12.5. The third-order valence-corrected chi connectivity index (χ3v) is 3.05. The summed E-state index contributed by atoms with van der Waals surface area (Å²) in [5.74, 6) is 1.02. The zero-order chi connectivity index (χ0) is 14.8. The first-order valence-electron chi connectivity index (χ1n) is 6.49. The molecule has 6 heteroatoms. The molecule has 0 heterocycles. The minimum absolute atomic E-state index is 0.122. The van der Waals surface area contributed by atoms with Crippen molar-refractivity contribution in [3.8, 4) is 5.75 Å². The van der Waals surface area contributed by atoms with Crippen molar-refractivity contribution < 1.29 is 14.6 Å². The van der Waals surface area contributed by atoms with Gasteiger partial charge in [-0.1, -0.05) is 0 Å². The molecule has 4 nitrogen and oxygen atoms in total. The van der Waals surface area contributed by atoms with Gasteiger partial charge in [-0.25, -0.2) is 0 Å². The number of carbonyl (C=O) groups is 1. The number of hydrogen-bond acceptors (Lipinski definition) is 3. The van der Waals surface area contributed by atoms with E-state index in [0.717, 1.165) is 24.5 Å². The number of ether oxygens (including phenoxy) is 1. The molecule has 0 saturated carbocycles. The van der Waals surface area contributed by atoms with Gasteiger partial charge in [-0.3, -0.25) is 4.79 Å². The summed E-state index contributed by atoms with van der Waals surface area (Å²) in [6, 6.07) is 7.63. The third kappa shape index (κ3) is 6.35. The second-order valence-electron chi connectivity index (χ2n) is 4.20. The molecule has 1 aromatic carbocycles. The predicted octanol–water partition coefficient (Wildman–Crippen LogP) is 3.21. The average Bonchev–Trinajstić information content (AvgIpc) is 2.44. The summed E-state index contributed by atoms with van der Waals surface area (Å²) in [7, 11) is 0. The molecule has 1 aromatic rings. The second kappa shape index (κ2) is 9.72. The zero-order valence-electron chi connectivity index (χ0n) is 11.2. The van der Waals surface area contributed by atoms with Crippen molar-refractivity contribution >= 4 is 34.9 Å². The Morgan fingerprint density at radius 1 is 1.15 bits per heavy atom. The van der Waals surface area contributed by atoms with Crippen molar-refractivity contribution in [1.29, 1.82) is 0 Å². The molecule has 0 amide bonds. The number of alkyl halides is 2. The van der Waals surface area contributed by atoms with E-state index in [9.17, 15) is 4.79 Å². The molecule has 0 fully saturated rings. The number of nitrogens with zero attached hydrogens (tertiary/aromatic N) is 1. The Morgan fingerprint density at radius 2 is 1.75 bits per heavy atom. The van der Waals surface area contributed by atoms with Gasteiger partial charge < -0.3 is 14.7 Å². The topological polar surface area (TPSA) is 49.8 Å². The van der Waals surface area contributed by atoms with Crippen molar-refractivity contribution in [3.05, 3.63) is 24.3 Å². The van der Waals surface area contributed by atoms with Gasteiger partial charge in [0.15, 0.2) is 0 Å².